The normalized spacial score (nSPS) is 15.9. The number of aromatic hydroxyl groups is 1. The number of morpholine rings is 1. The summed E-state index contributed by atoms with van der Waals surface area (Å²) in [6.45, 7) is 2.69. The Labute approximate surface area is 178 Å². The van der Waals surface area contributed by atoms with E-state index in [4.69, 9.17) is 16.3 Å². The molecule has 3 N–H and O–H groups in total. The second-order valence-electron chi connectivity index (χ2n) is 6.72. The molecule has 3 aromatic rings. The fourth-order valence-electron chi connectivity index (χ4n) is 3.07. The predicted molar refractivity (Wildman–Crippen MR) is 113 cm³/mol. The molecule has 11 heteroatoms. The molecule has 2 heterocycles. The minimum Gasteiger partial charge on any atom is -0.493 e. The van der Waals surface area contributed by atoms with Crippen LogP contribution in [0.25, 0.3) is 10.9 Å². The van der Waals surface area contributed by atoms with Crippen LogP contribution in [0, 0.1) is 0 Å². The third-order valence-electron chi connectivity index (χ3n) is 4.73. The summed E-state index contributed by atoms with van der Waals surface area (Å²) in [5.74, 6) is -0.211. The Balaban J connectivity index is 1.61. The van der Waals surface area contributed by atoms with E-state index in [1.807, 2.05) is 4.90 Å². The van der Waals surface area contributed by atoms with Gasteiger partial charge in [-0.2, -0.15) is 4.72 Å². The largest absolute Gasteiger partial charge is 0.493 e. The van der Waals surface area contributed by atoms with Gasteiger partial charge in [0.05, 0.1) is 35.3 Å². The molecule has 9 nitrogen and oxygen atoms in total. The van der Waals surface area contributed by atoms with E-state index in [-0.39, 0.29) is 23.1 Å². The fourth-order valence-corrected chi connectivity index (χ4v) is 4.28. The first-order valence-electron chi connectivity index (χ1n) is 9.25. The quantitative estimate of drug-likeness (QED) is 0.497. The Hall–Kier alpha value is -2.50. The molecule has 1 aromatic heterocycles. The van der Waals surface area contributed by atoms with Crippen molar-refractivity contribution in [2.75, 3.05) is 33.0 Å². The number of nitrogens with one attached hydrogen (secondary N) is 2. The van der Waals surface area contributed by atoms with Crippen molar-refractivity contribution in [3.05, 3.63) is 47.5 Å². The van der Waals surface area contributed by atoms with Crippen molar-refractivity contribution in [1.82, 2.24) is 14.6 Å². The third-order valence-corrected chi connectivity index (χ3v) is 6.43. The Morgan fingerprint density at radius 3 is 2.70 bits per heavy atom. The lowest BCUT2D eigenvalue weighted by Crippen LogP contribution is -2.43. The molecule has 1 aliphatic rings. The average molecular weight is 450 g/mol. The summed E-state index contributed by atoms with van der Waals surface area (Å²) in [7, 11) is -3.75. The highest BCUT2D eigenvalue weighted by Gasteiger charge is 2.20. The van der Waals surface area contributed by atoms with Crippen molar-refractivity contribution < 1.29 is 18.3 Å². The van der Waals surface area contributed by atoms with Gasteiger partial charge < -0.3 is 14.8 Å². The topological polar surface area (TPSA) is 119 Å². The smallest absolute Gasteiger partial charge is 0.241 e. The van der Waals surface area contributed by atoms with Gasteiger partial charge in [-0.3, -0.25) is 4.90 Å². The van der Waals surface area contributed by atoms with Crippen molar-refractivity contribution in [1.29, 1.82) is 0 Å². The van der Waals surface area contributed by atoms with Crippen molar-refractivity contribution in [2.24, 2.45) is 10.2 Å². The van der Waals surface area contributed by atoms with Crippen LogP contribution in [0.4, 0.5) is 11.4 Å². The minimum absolute atomic E-state index is 0.0662. The van der Waals surface area contributed by atoms with Crippen LogP contribution in [-0.2, 0) is 14.8 Å². The molecule has 0 radical (unpaired) electrons. The molecule has 0 unspecified atom stereocenters. The maximum absolute atomic E-state index is 12.7. The number of fused-ring (bicyclic) bond motifs is 1. The molecule has 0 saturated carbocycles. The molecule has 0 amide bonds. The molecule has 1 saturated heterocycles. The standard InChI is InChI=1S/C19H20ClN5O4S/c20-15-3-1-2-4-17(15)23-24-18-14-11-13(5-6-16(14)22-19(18)26)30(27,28)21-12-25-7-9-29-10-8-25/h1-6,11,21-22,26H,7-10,12H2. The van der Waals surface area contributed by atoms with Crippen LogP contribution >= 0.6 is 11.6 Å². The monoisotopic (exact) mass is 449 g/mol. The van der Waals surface area contributed by atoms with E-state index in [0.29, 0.717) is 47.9 Å². The van der Waals surface area contributed by atoms with Gasteiger partial charge in [0.1, 0.15) is 5.69 Å². The van der Waals surface area contributed by atoms with E-state index >= 15 is 0 Å². The summed E-state index contributed by atoms with van der Waals surface area (Å²) in [6, 6.07) is 11.4. The van der Waals surface area contributed by atoms with Gasteiger partial charge >= 0.3 is 0 Å². The summed E-state index contributed by atoms with van der Waals surface area (Å²) in [5.41, 5.74) is 1.10. The van der Waals surface area contributed by atoms with E-state index in [2.05, 4.69) is 19.9 Å². The molecular formula is C19H20ClN5O4S. The Bertz CT molecular complexity index is 1190. The van der Waals surface area contributed by atoms with Crippen molar-refractivity contribution in [3.8, 4) is 5.88 Å². The zero-order chi connectivity index (χ0) is 21.1. The lowest BCUT2D eigenvalue weighted by atomic mass is 10.2. The maximum Gasteiger partial charge on any atom is 0.241 e. The zero-order valence-corrected chi connectivity index (χ0v) is 17.4. The number of azo groups is 1. The number of hydrogen-bond donors (Lipinski definition) is 3. The molecule has 2 aromatic carbocycles. The SMILES string of the molecule is O=S(=O)(NCN1CCOCC1)c1ccc2[nH]c(O)c(N=Nc3ccccc3Cl)c2c1. The molecule has 4 rings (SSSR count). The Kier molecular flexibility index (Phi) is 6.02. The van der Waals surface area contributed by atoms with E-state index in [9.17, 15) is 13.5 Å². The summed E-state index contributed by atoms with van der Waals surface area (Å²) in [5, 5.41) is 19.2. The second-order valence-corrected chi connectivity index (χ2v) is 8.89. The summed E-state index contributed by atoms with van der Waals surface area (Å²) in [6.07, 6.45) is 0. The van der Waals surface area contributed by atoms with Gasteiger partial charge in [-0.05, 0) is 30.3 Å². The molecule has 0 aliphatic carbocycles. The Morgan fingerprint density at radius 2 is 1.93 bits per heavy atom. The van der Waals surface area contributed by atoms with Crippen LogP contribution in [0.1, 0.15) is 0 Å². The van der Waals surface area contributed by atoms with Gasteiger partial charge in [0, 0.05) is 18.5 Å². The number of sulfonamides is 1. The number of benzene rings is 2. The first-order chi connectivity index (χ1) is 14.4. The molecule has 0 atom stereocenters. The molecule has 158 valence electrons. The van der Waals surface area contributed by atoms with Gasteiger partial charge in [0.15, 0.2) is 5.69 Å². The van der Waals surface area contributed by atoms with Crippen molar-refractivity contribution >= 4 is 43.9 Å². The van der Waals surface area contributed by atoms with E-state index in [1.54, 1.807) is 30.3 Å². The van der Waals surface area contributed by atoms with Crippen LogP contribution in [0.2, 0.25) is 5.02 Å². The number of nitrogens with zero attached hydrogens (tertiary/aromatic N) is 3. The Morgan fingerprint density at radius 1 is 1.17 bits per heavy atom. The summed E-state index contributed by atoms with van der Waals surface area (Å²) in [4.78, 5) is 4.80. The highest BCUT2D eigenvalue weighted by molar-refractivity contribution is 7.89. The lowest BCUT2D eigenvalue weighted by molar-refractivity contribution is 0.0371. The highest BCUT2D eigenvalue weighted by Crippen LogP contribution is 2.38. The van der Waals surface area contributed by atoms with Gasteiger partial charge in [0.2, 0.25) is 15.9 Å². The molecule has 0 bridgehead atoms. The number of hydrogen-bond acceptors (Lipinski definition) is 7. The lowest BCUT2D eigenvalue weighted by Gasteiger charge is -2.26. The molecule has 30 heavy (non-hydrogen) atoms. The van der Waals surface area contributed by atoms with Crippen LogP contribution in [-0.4, -0.2) is 56.4 Å². The molecular weight excluding hydrogens is 430 g/mol. The maximum atomic E-state index is 12.7. The van der Waals surface area contributed by atoms with E-state index < -0.39 is 10.0 Å². The van der Waals surface area contributed by atoms with Crippen molar-refractivity contribution in [2.45, 2.75) is 4.90 Å². The second kappa shape index (κ2) is 8.70. The number of ether oxygens (including phenoxy) is 1. The number of aromatic amines is 1. The minimum atomic E-state index is -3.75. The summed E-state index contributed by atoms with van der Waals surface area (Å²) >= 11 is 6.08. The number of rotatable bonds is 6. The van der Waals surface area contributed by atoms with Crippen LogP contribution in [0.5, 0.6) is 5.88 Å². The van der Waals surface area contributed by atoms with Crippen molar-refractivity contribution in [3.63, 3.8) is 0 Å². The summed E-state index contributed by atoms with van der Waals surface area (Å²) < 4.78 is 33.4. The zero-order valence-electron chi connectivity index (χ0n) is 15.9. The number of halogens is 1. The van der Waals surface area contributed by atoms with Gasteiger partial charge in [0.25, 0.3) is 0 Å². The average Bonchev–Trinajstić information content (AvgIpc) is 3.07. The van der Waals surface area contributed by atoms with Gasteiger partial charge in [-0.25, -0.2) is 8.42 Å². The van der Waals surface area contributed by atoms with Gasteiger partial charge in [-0.15, -0.1) is 10.2 Å². The molecule has 1 fully saturated rings. The molecule has 1 aliphatic heterocycles. The van der Waals surface area contributed by atoms with Crippen LogP contribution < -0.4 is 4.72 Å². The number of H-pyrrole nitrogens is 1. The van der Waals surface area contributed by atoms with E-state index in [0.717, 1.165) is 0 Å². The number of aromatic nitrogens is 1. The van der Waals surface area contributed by atoms with Crippen LogP contribution in [0.3, 0.4) is 0 Å². The predicted octanol–water partition coefficient (Wildman–Crippen LogP) is 3.51. The van der Waals surface area contributed by atoms with Gasteiger partial charge in [-0.1, -0.05) is 23.7 Å². The molecule has 0 spiro atoms. The fraction of sp³-hybridized carbons (Fsp3) is 0.263. The van der Waals surface area contributed by atoms with Crippen LogP contribution in [0.15, 0.2) is 57.6 Å². The first kappa shape index (κ1) is 20.8. The van der Waals surface area contributed by atoms with E-state index in [1.165, 1.54) is 12.1 Å². The first-order valence-corrected chi connectivity index (χ1v) is 11.1. The third kappa shape index (κ3) is 4.47. The highest BCUT2D eigenvalue weighted by atomic mass is 35.5.